The van der Waals surface area contributed by atoms with Crippen LogP contribution in [0.5, 0.6) is 5.75 Å². The van der Waals surface area contributed by atoms with Gasteiger partial charge in [-0.3, -0.25) is 5.10 Å². The van der Waals surface area contributed by atoms with Crippen LogP contribution < -0.4 is 4.74 Å². The number of H-pyrrole nitrogens is 1. The average Bonchev–Trinajstić information content (AvgIpc) is 2.51. The number of hydrogen-bond donors (Lipinski definition) is 1. The lowest BCUT2D eigenvalue weighted by Crippen LogP contribution is -1.84. The number of hydrogen-bond acceptors (Lipinski definition) is 2. The molecule has 0 spiro atoms. The fraction of sp³-hybridized carbons (Fsp3) is 0.125. The van der Waals surface area contributed by atoms with Gasteiger partial charge in [0.1, 0.15) is 15.0 Å². The lowest BCUT2D eigenvalue weighted by Gasteiger charge is -2.01. The van der Waals surface area contributed by atoms with Gasteiger partial charge >= 0.3 is 0 Å². The first-order valence-electron chi connectivity index (χ1n) is 3.60. The molecule has 1 aromatic heterocycles. The van der Waals surface area contributed by atoms with E-state index in [0.29, 0.717) is 5.02 Å². The predicted octanol–water partition coefficient (Wildman–Crippen LogP) is 2.83. The maximum atomic E-state index is 5.96. The number of fused-ring (bicyclic) bond motifs is 1. The van der Waals surface area contributed by atoms with Gasteiger partial charge in [0.2, 0.25) is 0 Å². The van der Waals surface area contributed by atoms with E-state index in [1.807, 2.05) is 6.07 Å². The van der Waals surface area contributed by atoms with Crippen molar-refractivity contribution in [1.82, 2.24) is 10.2 Å². The van der Waals surface area contributed by atoms with Crippen molar-refractivity contribution in [1.29, 1.82) is 0 Å². The van der Waals surface area contributed by atoms with Gasteiger partial charge in [-0.2, -0.15) is 5.10 Å². The van der Waals surface area contributed by atoms with Crippen LogP contribution in [0, 0.1) is 3.70 Å². The van der Waals surface area contributed by atoms with Crippen molar-refractivity contribution >= 4 is 45.1 Å². The van der Waals surface area contributed by atoms with Crippen molar-refractivity contribution in [2.24, 2.45) is 0 Å². The van der Waals surface area contributed by atoms with Crippen molar-refractivity contribution in [3.8, 4) is 5.75 Å². The molecular formula is C8H6ClIN2O. The smallest absolute Gasteiger partial charge is 0.131 e. The Hall–Kier alpha value is -0.490. The molecule has 13 heavy (non-hydrogen) atoms. The van der Waals surface area contributed by atoms with Crippen molar-refractivity contribution in [2.45, 2.75) is 0 Å². The van der Waals surface area contributed by atoms with Gasteiger partial charge in [0.05, 0.1) is 17.5 Å². The summed E-state index contributed by atoms with van der Waals surface area (Å²) in [6.45, 7) is 0. The van der Waals surface area contributed by atoms with Crippen LogP contribution in [0.3, 0.4) is 0 Å². The number of methoxy groups -OCH3 is 1. The van der Waals surface area contributed by atoms with E-state index in [9.17, 15) is 0 Å². The zero-order chi connectivity index (χ0) is 9.42. The number of rotatable bonds is 1. The minimum Gasteiger partial charge on any atom is -0.496 e. The lowest BCUT2D eigenvalue weighted by atomic mass is 10.2. The van der Waals surface area contributed by atoms with E-state index >= 15 is 0 Å². The van der Waals surface area contributed by atoms with Crippen LogP contribution in [0.1, 0.15) is 0 Å². The number of aromatic amines is 1. The van der Waals surface area contributed by atoms with Gasteiger partial charge in [0.15, 0.2) is 0 Å². The summed E-state index contributed by atoms with van der Waals surface area (Å²) in [5, 5.41) is 8.52. The van der Waals surface area contributed by atoms with Crippen molar-refractivity contribution in [2.75, 3.05) is 7.11 Å². The maximum absolute atomic E-state index is 5.96. The molecule has 1 aromatic carbocycles. The number of aromatic nitrogens is 2. The highest BCUT2D eigenvalue weighted by Crippen LogP contribution is 2.32. The summed E-state index contributed by atoms with van der Waals surface area (Å²) in [7, 11) is 1.63. The van der Waals surface area contributed by atoms with E-state index in [4.69, 9.17) is 16.3 Å². The summed E-state index contributed by atoms with van der Waals surface area (Å²) in [5.41, 5.74) is 0.755. The van der Waals surface area contributed by atoms with E-state index in [2.05, 4.69) is 32.8 Å². The molecule has 0 aliphatic carbocycles. The van der Waals surface area contributed by atoms with E-state index in [0.717, 1.165) is 20.4 Å². The van der Waals surface area contributed by atoms with E-state index in [1.54, 1.807) is 13.2 Å². The molecule has 68 valence electrons. The van der Waals surface area contributed by atoms with Gasteiger partial charge < -0.3 is 4.74 Å². The summed E-state index contributed by atoms with van der Waals surface area (Å²) in [6.07, 6.45) is 0. The largest absolute Gasteiger partial charge is 0.496 e. The van der Waals surface area contributed by atoms with Gasteiger partial charge in [-0.1, -0.05) is 11.6 Å². The minimum atomic E-state index is 0.634. The summed E-state index contributed by atoms with van der Waals surface area (Å²) >= 11 is 8.12. The highest BCUT2D eigenvalue weighted by atomic mass is 127. The quantitative estimate of drug-likeness (QED) is 0.823. The predicted molar refractivity (Wildman–Crippen MR) is 60.4 cm³/mol. The fourth-order valence-corrected chi connectivity index (χ4v) is 2.04. The third kappa shape index (κ3) is 1.38. The monoisotopic (exact) mass is 308 g/mol. The second-order valence-electron chi connectivity index (χ2n) is 2.51. The van der Waals surface area contributed by atoms with Gasteiger partial charge in [0.25, 0.3) is 0 Å². The summed E-state index contributed by atoms with van der Waals surface area (Å²) in [6, 6.07) is 3.61. The summed E-state index contributed by atoms with van der Waals surface area (Å²) in [5.74, 6) is 0.789. The second kappa shape index (κ2) is 3.34. The number of nitrogens with one attached hydrogen (secondary N) is 1. The summed E-state index contributed by atoms with van der Waals surface area (Å²) in [4.78, 5) is 0. The number of ether oxygens (including phenoxy) is 1. The molecule has 0 amide bonds. The van der Waals surface area contributed by atoms with E-state index < -0.39 is 0 Å². The summed E-state index contributed by atoms with van der Waals surface area (Å²) < 4.78 is 6.14. The van der Waals surface area contributed by atoms with Gasteiger partial charge in [-0.15, -0.1) is 0 Å². The molecule has 2 aromatic rings. The Morgan fingerprint density at radius 3 is 3.00 bits per heavy atom. The van der Waals surface area contributed by atoms with Crippen molar-refractivity contribution in [3.63, 3.8) is 0 Å². The molecule has 1 heterocycles. The third-order valence-corrected chi connectivity index (χ3v) is 2.88. The van der Waals surface area contributed by atoms with Crippen molar-refractivity contribution in [3.05, 3.63) is 20.9 Å². The van der Waals surface area contributed by atoms with E-state index in [-0.39, 0.29) is 0 Å². The Balaban J connectivity index is 2.88. The van der Waals surface area contributed by atoms with Crippen LogP contribution in [0.2, 0.25) is 5.02 Å². The number of halogens is 2. The molecule has 0 fully saturated rings. The van der Waals surface area contributed by atoms with Gasteiger partial charge in [0, 0.05) is 0 Å². The first-order valence-corrected chi connectivity index (χ1v) is 5.05. The molecule has 5 heteroatoms. The highest BCUT2D eigenvalue weighted by Gasteiger charge is 2.11. The molecule has 0 saturated carbocycles. The van der Waals surface area contributed by atoms with E-state index in [1.165, 1.54) is 0 Å². The molecule has 0 saturated heterocycles. The number of nitrogens with zero attached hydrogens (tertiary/aromatic N) is 1. The zero-order valence-electron chi connectivity index (χ0n) is 6.77. The Morgan fingerprint density at radius 1 is 1.54 bits per heavy atom. The molecular weight excluding hydrogens is 302 g/mol. The normalized spacial score (nSPS) is 10.7. The van der Waals surface area contributed by atoms with Crippen molar-refractivity contribution < 1.29 is 4.74 Å². The molecule has 0 unspecified atom stereocenters. The molecule has 0 radical (unpaired) electrons. The first-order chi connectivity index (χ1) is 6.24. The second-order valence-corrected chi connectivity index (χ2v) is 4.00. The Kier molecular flexibility index (Phi) is 2.33. The molecule has 0 aliphatic rings. The Bertz CT molecular complexity index is 455. The Morgan fingerprint density at radius 2 is 2.31 bits per heavy atom. The molecule has 0 atom stereocenters. The zero-order valence-corrected chi connectivity index (χ0v) is 9.68. The van der Waals surface area contributed by atoms with Crippen LogP contribution in [-0.4, -0.2) is 17.3 Å². The molecule has 0 aliphatic heterocycles. The Labute approximate surface area is 93.6 Å². The standard InChI is InChI=1S/C8H6ClIN2O/c1-13-5-3-2-4(9)7-6(5)8(10)12-11-7/h2-3H,1H3,(H,11,12). The molecule has 3 nitrogen and oxygen atoms in total. The first kappa shape index (κ1) is 9.08. The topological polar surface area (TPSA) is 37.9 Å². The number of benzene rings is 1. The van der Waals surface area contributed by atoms with Crippen LogP contribution in [0.15, 0.2) is 12.1 Å². The van der Waals surface area contributed by atoms with Gasteiger partial charge in [-0.05, 0) is 34.7 Å². The van der Waals surface area contributed by atoms with Crippen LogP contribution in [0.4, 0.5) is 0 Å². The highest BCUT2D eigenvalue weighted by molar-refractivity contribution is 14.1. The molecule has 1 N–H and O–H groups in total. The molecule has 2 rings (SSSR count). The molecule has 0 bridgehead atoms. The lowest BCUT2D eigenvalue weighted by molar-refractivity contribution is 0.419. The van der Waals surface area contributed by atoms with Crippen LogP contribution in [-0.2, 0) is 0 Å². The minimum absolute atomic E-state index is 0.634. The fourth-order valence-electron chi connectivity index (χ4n) is 1.20. The van der Waals surface area contributed by atoms with Gasteiger partial charge in [-0.25, -0.2) is 0 Å². The maximum Gasteiger partial charge on any atom is 0.131 e. The van der Waals surface area contributed by atoms with Crippen LogP contribution in [0.25, 0.3) is 10.9 Å². The third-order valence-electron chi connectivity index (χ3n) is 1.80. The van der Waals surface area contributed by atoms with Crippen LogP contribution >= 0.6 is 34.2 Å². The average molecular weight is 309 g/mol. The SMILES string of the molecule is COc1ccc(Cl)c2n[nH]c(I)c12.